The molecule has 1 amide bonds. The molecule has 226 valence electrons. The van der Waals surface area contributed by atoms with Gasteiger partial charge in [0.05, 0.1) is 11.4 Å². The lowest BCUT2D eigenvalue weighted by Crippen LogP contribution is -2.55. The van der Waals surface area contributed by atoms with E-state index in [0.717, 1.165) is 36.2 Å². The third kappa shape index (κ3) is 4.66. The summed E-state index contributed by atoms with van der Waals surface area (Å²) in [5.74, 6) is -6.46. The smallest absolute Gasteiger partial charge is 0.354 e. The van der Waals surface area contributed by atoms with E-state index < -0.39 is 79.7 Å². The number of likely N-dealkylation sites (tertiary alicyclic amines) is 1. The van der Waals surface area contributed by atoms with Crippen molar-refractivity contribution in [1.29, 1.82) is 0 Å². The van der Waals surface area contributed by atoms with Gasteiger partial charge in [-0.05, 0) is 54.7 Å². The van der Waals surface area contributed by atoms with Gasteiger partial charge in [0, 0.05) is 25.2 Å². The number of benzene rings is 2. The summed E-state index contributed by atoms with van der Waals surface area (Å²) in [5, 5.41) is 1.79. The van der Waals surface area contributed by atoms with Crippen molar-refractivity contribution in [3.8, 4) is 0 Å². The number of amides is 1. The third-order valence-electron chi connectivity index (χ3n) is 7.74. The van der Waals surface area contributed by atoms with Crippen LogP contribution in [0.2, 0.25) is 0 Å². The summed E-state index contributed by atoms with van der Waals surface area (Å²) in [6.07, 6.45) is -14.0. The van der Waals surface area contributed by atoms with E-state index in [2.05, 4.69) is 0 Å². The van der Waals surface area contributed by atoms with Crippen molar-refractivity contribution < 1.29 is 57.1 Å². The molecule has 0 bridgehead atoms. The van der Waals surface area contributed by atoms with Crippen LogP contribution < -0.4 is 5.32 Å². The van der Waals surface area contributed by atoms with E-state index >= 15 is 0 Å². The van der Waals surface area contributed by atoms with Crippen LogP contribution in [-0.4, -0.2) is 63.7 Å². The van der Waals surface area contributed by atoms with Crippen LogP contribution in [0.15, 0.2) is 47.4 Å². The van der Waals surface area contributed by atoms with Gasteiger partial charge in [0.25, 0.3) is 5.91 Å². The Bertz CT molecular complexity index is 1430. The van der Waals surface area contributed by atoms with Gasteiger partial charge in [0.15, 0.2) is 9.84 Å². The summed E-state index contributed by atoms with van der Waals surface area (Å²) >= 11 is 0. The van der Waals surface area contributed by atoms with Crippen LogP contribution in [0.4, 0.5) is 43.9 Å². The Morgan fingerprint density at radius 3 is 2.10 bits per heavy atom. The lowest BCUT2D eigenvalue weighted by molar-refractivity contribution is -0.348. The molecule has 2 aliphatic rings. The highest BCUT2D eigenvalue weighted by molar-refractivity contribution is 7.92. The van der Waals surface area contributed by atoms with Gasteiger partial charge in [-0.25, -0.2) is 17.2 Å². The number of fused-ring (bicyclic) bond motifs is 3. The fourth-order valence-corrected chi connectivity index (χ4v) is 8.23. The van der Waals surface area contributed by atoms with Gasteiger partial charge in [-0.1, -0.05) is 18.2 Å². The molecule has 0 aromatic heterocycles. The van der Waals surface area contributed by atoms with Gasteiger partial charge in [0.1, 0.15) is 10.6 Å². The number of carbonyl (C=O) groups is 1. The molecule has 2 aromatic rings. The standard InChI is InChI=1S/C25H22F10N2O3S/c1-36-20(38)22(27,28)13-37-11-10-21(41(39,40)17-6-4-16(26)5-7-17)18-8-3-15(12-14(18)2-9-19(21)37)23(29,24(30,31)32)25(33,34)35/h3-8,12,19H,2,9-11,13H2,1H3,(H,36,38)/t19-,21-/m1/s1. The molecule has 1 aliphatic carbocycles. The molecule has 16 heteroatoms. The lowest BCUT2D eigenvalue weighted by Gasteiger charge is -2.43. The van der Waals surface area contributed by atoms with Crippen molar-refractivity contribution in [2.45, 2.75) is 58.9 Å². The Labute approximate surface area is 227 Å². The Morgan fingerprint density at radius 2 is 1.56 bits per heavy atom. The van der Waals surface area contributed by atoms with Crippen molar-refractivity contribution in [2.75, 3.05) is 20.1 Å². The van der Waals surface area contributed by atoms with E-state index in [1.165, 1.54) is 0 Å². The Balaban J connectivity index is 1.92. The molecule has 2 atom stereocenters. The molecule has 4 rings (SSSR count). The highest BCUT2D eigenvalue weighted by Gasteiger charge is 2.74. The van der Waals surface area contributed by atoms with Crippen molar-refractivity contribution >= 4 is 15.7 Å². The van der Waals surface area contributed by atoms with E-state index in [4.69, 9.17) is 0 Å². The largest absolute Gasteiger partial charge is 0.435 e. The first kappa shape index (κ1) is 31.1. The molecule has 1 aliphatic heterocycles. The number of carbonyl (C=O) groups excluding carboxylic acids is 1. The van der Waals surface area contributed by atoms with Gasteiger partial charge >= 0.3 is 23.9 Å². The molecule has 1 heterocycles. The number of nitrogens with one attached hydrogen (secondary N) is 1. The molecular weight excluding hydrogens is 598 g/mol. The number of alkyl halides is 9. The lowest BCUT2D eigenvalue weighted by atomic mass is 9.76. The predicted molar refractivity (Wildman–Crippen MR) is 124 cm³/mol. The molecule has 5 nitrogen and oxygen atoms in total. The minimum atomic E-state index is -6.41. The molecule has 1 fully saturated rings. The Kier molecular flexibility index (Phi) is 7.46. The maximum absolute atomic E-state index is 14.8. The summed E-state index contributed by atoms with van der Waals surface area (Å²) in [4.78, 5) is 12.3. The summed E-state index contributed by atoms with van der Waals surface area (Å²) in [7, 11) is -3.74. The second-order valence-corrected chi connectivity index (χ2v) is 12.1. The van der Waals surface area contributed by atoms with Crippen LogP contribution >= 0.6 is 0 Å². The van der Waals surface area contributed by atoms with Crippen molar-refractivity contribution in [1.82, 2.24) is 10.2 Å². The zero-order chi connectivity index (χ0) is 30.8. The molecule has 2 aromatic carbocycles. The number of nitrogens with zero attached hydrogens (tertiary/aromatic N) is 1. The van der Waals surface area contributed by atoms with E-state index in [0.29, 0.717) is 12.1 Å². The van der Waals surface area contributed by atoms with Crippen LogP contribution in [0.5, 0.6) is 0 Å². The second kappa shape index (κ2) is 9.85. The molecule has 0 spiro atoms. The first-order valence-electron chi connectivity index (χ1n) is 12.0. The summed E-state index contributed by atoms with van der Waals surface area (Å²) < 4.78 is 164. The number of aryl methyl sites for hydroxylation is 1. The van der Waals surface area contributed by atoms with Gasteiger partial charge < -0.3 is 5.32 Å². The second-order valence-electron chi connectivity index (χ2n) is 9.93. The van der Waals surface area contributed by atoms with Gasteiger partial charge in [-0.3, -0.25) is 9.69 Å². The quantitative estimate of drug-likeness (QED) is 0.357. The third-order valence-corrected chi connectivity index (χ3v) is 10.3. The summed E-state index contributed by atoms with van der Waals surface area (Å²) in [5.41, 5.74) is -8.23. The van der Waals surface area contributed by atoms with Gasteiger partial charge in [0.2, 0.25) is 0 Å². The molecule has 0 radical (unpaired) electrons. The van der Waals surface area contributed by atoms with Crippen molar-refractivity contribution in [3.05, 3.63) is 65.0 Å². The molecular formula is C25H22F10N2O3S. The zero-order valence-electron chi connectivity index (χ0n) is 21.0. The fraction of sp³-hybridized carbons (Fsp3) is 0.480. The molecule has 1 N–H and O–H groups in total. The van der Waals surface area contributed by atoms with Crippen LogP contribution in [0.3, 0.4) is 0 Å². The Hall–Kier alpha value is -2.88. The minimum Gasteiger partial charge on any atom is -0.354 e. The number of hydrogen-bond donors (Lipinski definition) is 1. The zero-order valence-corrected chi connectivity index (χ0v) is 21.8. The van der Waals surface area contributed by atoms with Gasteiger partial charge in [-0.15, -0.1) is 0 Å². The van der Waals surface area contributed by atoms with Crippen LogP contribution in [0, 0.1) is 5.82 Å². The predicted octanol–water partition coefficient (Wildman–Crippen LogP) is 5.19. The first-order valence-corrected chi connectivity index (χ1v) is 13.5. The molecule has 0 unspecified atom stereocenters. The summed E-state index contributed by atoms with van der Waals surface area (Å²) in [6, 6.07) is 3.21. The summed E-state index contributed by atoms with van der Waals surface area (Å²) in [6.45, 7) is -1.59. The monoisotopic (exact) mass is 620 g/mol. The van der Waals surface area contributed by atoms with E-state index in [1.54, 1.807) is 5.32 Å². The van der Waals surface area contributed by atoms with Crippen molar-refractivity contribution in [2.24, 2.45) is 0 Å². The molecule has 41 heavy (non-hydrogen) atoms. The Morgan fingerprint density at radius 1 is 0.976 bits per heavy atom. The highest BCUT2D eigenvalue weighted by Crippen LogP contribution is 2.56. The number of sulfone groups is 1. The van der Waals surface area contributed by atoms with Gasteiger partial charge in [-0.2, -0.15) is 35.1 Å². The van der Waals surface area contributed by atoms with Crippen LogP contribution in [0.25, 0.3) is 0 Å². The van der Waals surface area contributed by atoms with Crippen molar-refractivity contribution in [3.63, 3.8) is 0 Å². The topological polar surface area (TPSA) is 66.5 Å². The fourth-order valence-electron chi connectivity index (χ4n) is 5.85. The van der Waals surface area contributed by atoms with E-state index in [-0.39, 0.29) is 36.6 Å². The maximum Gasteiger partial charge on any atom is 0.435 e. The SMILES string of the molecule is CNC(=O)C(F)(F)CN1CC[C@@]2(S(=O)(=O)c3ccc(F)cc3)c3ccc(C(F)(C(F)(F)F)C(F)(F)F)cc3CC[C@@H]12. The average Bonchev–Trinajstić information content (AvgIpc) is 3.25. The molecule has 1 saturated heterocycles. The number of hydrogen-bond acceptors (Lipinski definition) is 4. The number of halogens is 10. The average molecular weight is 621 g/mol. The van der Waals surface area contributed by atoms with Crippen LogP contribution in [-0.2, 0) is 31.5 Å². The maximum atomic E-state index is 14.8. The van der Waals surface area contributed by atoms with E-state index in [9.17, 15) is 57.1 Å². The van der Waals surface area contributed by atoms with Crippen LogP contribution in [0.1, 0.15) is 29.5 Å². The minimum absolute atomic E-state index is 0.186. The first-order chi connectivity index (χ1) is 18.7. The highest BCUT2D eigenvalue weighted by atomic mass is 32.2. The normalized spacial score (nSPS) is 22.3. The van der Waals surface area contributed by atoms with E-state index in [1.807, 2.05) is 0 Å². The number of rotatable bonds is 6. The molecule has 0 saturated carbocycles.